The molecule has 6 heteroatoms. The molecule has 0 radical (unpaired) electrons. The van der Waals surface area contributed by atoms with Crippen molar-refractivity contribution in [3.63, 3.8) is 0 Å². The number of nitrogen functional groups attached to an aromatic ring is 1. The van der Waals surface area contributed by atoms with Crippen LogP contribution in [0.4, 0.5) is 5.69 Å². The Morgan fingerprint density at radius 3 is 2.25 bits per heavy atom. The quantitative estimate of drug-likeness (QED) is 0.817. The van der Waals surface area contributed by atoms with Crippen LogP contribution in [0.2, 0.25) is 15.1 Å². The molecule has 0 amide bonds. The summed E-state index contributed by atoms with van der Waals surface area (Å²) < 4.78 is 10.8. The summed E-state index contributed by atoms with van der Waals surface area (Å²) in [5.74, 6) is 1.05. The number of benzene rings is 2. The fourth-order valence-electron chi connectivity index (χ4n) is 1.71. The molecule has 0 saturated carbocycles. The molecule has 0 saturated heterocycles. The second-order valence-electron chi connectivity index (χ2n) is 4.10. The predicted octanol–water partition coefficient (Wildman–Crippen LogP) is 4.82. The highest BCUT2D eigenvalue weighted by atomic mass is 35.5. The van der Waals surface area contributed by atoms with Crippen molar-refractivity contribution in [3.8, 4) is 11.5 Å². The summed E-state index contributed by atoms with van der Waals surface area (Å²) in [6.45, 7) is 0.266. The summed E-state index contributed by atoms with van der Waals surface area (Å²) in [5.41, 5.74) is 7.22. The van der Waals surface area contributed by atoms with E-state index < -0.39 is 0 Å². The molecule has 0 aliphatic carbocycles. The molecule has 20 heavy (non-hydrogen) atoms. The van der Waals surface area contributed by atoms with Gasteiger partial charge in [0, 0.05) is 16.8 Å². The number of methoxy groups -OCH3 is 1. The number of hydrogen-bond donors (Lipinski definition) is 1. The monoisotopic (exact) mass is 331 g/mol. The van der Waals surface area contributed by atoms with E-state index in [2.05, 4.69) is 0 Å². The standard InChI is InChI=1S/C14H12Cl3NO2/c1-19-11-3-8(2-10(18)6-11)7-20-14-12(16)4-9(15)5-13(14)17/h2-6H,7,18H2,1H3. The molecule has 0 spiro atoms. The van der Waals surface area contributed by atoms with Crippen LogP contribution in [0, 0.1) is 0 Å². The average Bonchev–Trinajstić information content (AvgIpc) is 2.36. The van der Waals surface area contributed by atoms with Crippen LogP contribution in [0.15, 0.2) is 30.3 Å². The van der Waals surface area contributed by atoms with Gasteiger partial charge in [0.15, 0.2) is 5.75 Å². The molecule has 0 unspecified atom stereocenters. The van der Waals surface area contributed by atoms with E-state index in [4.69, 9.17) is 50.0 Å². The van der Waals surface area contributed by atoms with Gasteiger partial charge in [0.1, 0.15) is 12.4 Å². The predicted molar refractivity (Wildman–Crippen MR) is 83.2 cm³/mol. The van der Waals surface area contributed by atoms with E-state index in [1.54, 1.807) is 31.4 Å². The SMILES string of the molecule is COc1cc(N)cc(COc2c(Cl)cc(Cl)cc2Cl)c1. The molecule has 0 aliphatic rings. The number of rotatable bonds is 4. The van der Waals surface area contributed by atoms with E-state index in [-0.39, 0.29) is 6.61 Å². The molecule has 0 bridgehead atoms. The van der Waals surface area contributed by atoms with Crippen molar-refractivity contribution in [2.24, 2.45) is 0 Å². The van der Waals surface area contributed by atoms with Gasteiger partial charge in [0.05, 0.1) is 17.2 Å². The van der Waals surface area contributed by atoms with Crippen molar-refractivity contribution >= 4 is 40.5 Å². The van der Waals surface area contributed by atoms with E-state index in [1.807, 2.05) is 6.07 Å². The largest absolute Gasteiger partial charge is 0.497 e. The van der Waals surface area contributed by atoms with E-state index in [0.717, 1.165) is 5.56 Å². The topological polar surface area (TPSA) is 44.5 Å². The highest BCUT2D eigenvalue weighted by molar-refractivity contribution is 6.40. The number of hydrogen-bond acceptors (Lipinski definition) is 3. The highest BCUT2D eigenvalue weighted by Gasteiger charge is 2.10. The van der Waals surface area contributed by atoms with Gasteiger partial charge < -0.3 is 15.2 Å². The third-order valence-electron chi connectivity index (χ3n) is 2.57. The third-order valence-corrected chi connectivity index (χ3v) is 3.35. The van der Waals surface area contributed by atoms with Gasteiger partial charge in [-0.05, 0) is 29.8 Å². The maximum absolute atomic E-state index is 6.05. The zero-order chi connectivity index (χ0) is 14.7. The van der Waals surface area contributed by atoms with E-state index in [0.29, 0.717) is 32.3 Å². The lowest BCUT2D eigenvalue weighted by molar-refractivity contribution is 0.305. The van der Waals surface area contributed by atoms with Gasteiger partial charge in [-0.15, -0.1) is 0 Å². The molecular weight excluding hydrogens is 321 g/mol. The summed E-state index contributed by atoms with van der Waals surface area (Å²) >= 11 is 17.9. The molecule has 0 fully saturated rings. The van der Waals surface area contributed by atoms with Crippen molar-refractivity contribution in [2.45, 2.75) is 6.61 Å². The zero-order valence-electron chi connectivity index (χ0n) is 10.6. The molecule has 2 aromatic rings. The molecule has 0 atom stereocenters. The first-order valence-electron chi connectivity index (χ1n) is 5.70. The zero-order valence-corrected chi connectivity index (χ0v) is 12.9. The smallest absolute Gasteiger partial charge is 0.157 e. The molecule has 0 heterocycles. The van der Waals surface area contributed by atoms with Crippen LogP contribution in [0.25, 0.3) is 0 Å². The van der Waals surface area contributed by atoms with Crippen molar-refractivity contribution < 1.29 is 9.47 Å². The molecule has 0 aromatic heterocycles. The number of nitrogens with two attached hydrogens (primary N) is 1. The summed E-state index contributed by atoms with van der Waals surface area (Å²) in [5, 5.41) is 1.18. The maximum Gasteiger partial charge on any atom is 0.157 e. The van der Waals surface area contributed by atoms with Crippen molar-refractivity contribution in [2.75, 3.05) is 12.8 Å². The Morgan fingerprint density at radius 2 is 1.65 bits per heavy atom. The lowest BCUT2D eigenvalue weighted by Gasteiger charge is -2.11. The van der Waals surface area contributed by atoms with Gasteiger partial charge in [0.25, 0.3) is 0 Å². The van der Waals surface area contributed by atoms with Crippen molar-refractivity contribution in [1.82, 2.24) is 0 Å². The van der Waals surface area contributed by atoms with Crippen LogP contribution in [0.5, 0.6) is 11.5 Å². The van der Waals surface area contributed by atoms with Crippen LogP contribution in [-0.2, 0) is 6.61 Å². The van der Waals surface area contributed by atoms with Gasteiger partial charge >= 0.3 is 0 Å². The fourth-order valence-corrected chi connectivity index (χ4v) is 2.64. The van der Waals surface area contributed by atoms with E-state index >= 15 is 0 Å². The van der Waals surface area contributed by atoms with E-state index in [9.17, 15) is 0 Å². The Kier molecular flexibility index (Phi) is 4.86. The lowest BCUT2D eigenvalue weighted by Crippen LogP contribution is -1.99. The van der Waals surface area contributed by atoms with Gasteiger partial charge in [0.2, 0.25) is 0 Å². The van der Waals surface area contributed by atoms with Crippen LogP contribution < -0.4 is 15.2 Å². The fraction of sp³-hybridized carbons (Fsp3) is 0.143. The molecule has 2 N–H and O–H groups in total. The Hall–Kier alpha value is -1.29. The Morgan fingerprint density at radius 1 is 1.00 bits per heavy atom. The van der Waals surface area contributed by atoms with Gasteiger partial charge in [-0.25, -0.2) is 0 Å². The molecule has 2 rings (SSSR count). The molecule has 3 nitrogen and oxygen atoms in total. The first kappa shape index (κ1) is 15.1. The minimum atomic E-state index is 0.266. The minimum Gasteiger partial charge on any atom is -0.497 e. The van der Waals surface area contributed by atoms with Crippen LogP contribution in [0.3, 0.4) is 0 Å². The molecular formula is C14H12Cl3NO2. The van der Waals surface area contributed by atoms with Crippen LogP contribution in [-0.4, -0.2) is 7.11 Å². The first-order chi connectivity index (χ1) is 9.49. The summed E-state index contributed by atoms with van der Waals surface area (Å²) in [6, 6.07) is 8.49. The van der Waals surface area contributed by atoms with E-state index in [1.165, 1.54) is 0 Å². The number of anilines is 1. The second-order valence-corrected chi connectivity index (χ2v) is 5.35. The van der Waals surface area contributed by atoms with Gasteiger partial charge in [-0.3, -0.25) is 0 Å². The molecule has 0 aliphatic heterocycles. The minimum absolute atomic E-state index is 0.266. The van der Waals surface area contributed by atoms with Gasteiger partial charge in [-0.2, -0.15) is 0 Å². The molecule has 106 valence electrons. The Labute approximate surface area is 132 Å². The van der Waals surface area contributed by atoms with Crippen molar-refractivity contribution in [1.29, 1.82) is 0 Å². The normalized spacial score (nSPS) is 10.4. The Bertz CT molecular complexity index is 609. The summed E-state index contributed by atoms with van der Waals surface area (Å²) in [4.78, 5) is 0. The Balaban J connectivity index is 2.19. The highest BCUT2D eigenvalue weighted by Crippen LogP contribution is 2.36. The maximum atomic E-state index is 6.05. The summed E-state index contributed by atoms with van der Waals surface area (Å²) in [6.07, 6.45) is 0. The van der Waals surface area contributed by atoms with Crippen LogP contribution >= 0.6 is 34.8 Å². The second kappa shape index (κ2) is 6.44. The van der Waals surface area contributed by atoms with Gasteiger partial charge in [-0.1, -0.05) is 34.8 Å². The first-order valence-corrected chi connectivity index (χ1v) is 6.83. The average molecular weight is 333 g/mol. The molecule has 2 aromatic carbocycles. The van der Waals surface area contributed by atoms with Crippen molar-refractivity contribution in [3.05, 3.63) is 51.0 Å². The number of halogens is 3. The van der Waals surface area contributed by atoms with Crippen LogP contribution in [0.1, 0.15) is 5.56 Å². The number of ether oxygens (including phenoxy) is 2. The summed E-state index contributed by atoms with van der Waals surface area (Å²) in [7, 11) is 1.58. The lowest BCUT2D eigenvalue weighted by atomic mass is 10.2. The third kappa shape index (κ3) is 3.63.